The van der Waals surface area contributed by atoms with Gasteiger partial charge in [0, 0.05) is 10.5 Å². The lowest BCUT2D eigenvalue weighted by Gasteiger charge is -2.07. The number of amides is 1. The second kappa shape index (κ2) is 4.55. The fourth-order valence-corrected chi connectivity index (χ4v) is 3.05. The topological polar surface area (TPSA) is 53.5 Å². The van der Waals surface area contributed by atoms with Crippen molar-refractivity contribution in [2.45, 2.75) is 25.9 Å². The van der Waals surface area contributed by atoms with E-state index >= 15 is 0 Å². The minimum atomic E-state index is -0.421. The van der Waals surface area contributed by atoms with Crippen LogP contribution in [0, 0.1) is 0 Å². The van der Waals surface area contributed by atoms with E-state index in [0.717, 1.165) is 9.35 Å². The molecule has 1 aromatic heterocycles. The quantitative estimate of drug-likeness (QED) is 0.878. The summed E-state index contributed by atoms with van der Waals surface area (Å²) in [6.07, 6.45) is 0. The molecular formula is C10H12BrN3OS. The Morgan fingerprint density at radius 2 is 2.38 bits per heavy atom. The summed E-state index contributed by atoms with van der Waals surface area (Å²) in [4.78, 5) is 17.0. The van der Waals surface area contributed by atoms with E-state index in [0.29, 0.717) is 5.96 Å². The fraction of sp³-hybridized carbons (Fsp3) is 0.400. The van der Waals surface area contributed by atoms with Crippen molar-refractivity contribution in [3.05, 3.63) is 20.8 Å². The van der Waals surface area contributed by atoms with Crippen LogP contribution in [0.5, 0.6) is 0 Å². The van der Waals surface area contributed by atoms with Crippen molar-refractivity contribution in [1.82, 2.24) is 10.6 Å². The van der Waals surface area contributed by atoms with E-state index < -0.39 is 6.04 Å². The molecule has 1 amide bonds. The first-order valence-corrected chi connectivity index (χ1v) is 6.63. The number of nitrogens with zero attached hydrogens (tertiary/aromatic N) is 1. The highest BCUT2D eigenvalue weighted by Crippen LogP contribution is 2.32. The lowest BCUT2D eigenvalue weighted by atomic mass is 10.2. The molecular weight excluding hydrogens is 290 g/mol. The largest absolute Gasteiger partial charge is 0.354 e. The van der Waals surface area contributed by atoms with E-state index in [9.17, 15) is 4.79 Å². The van der Waals surface area contributed by atoms with Crippen molar-refractivity contribution >= 4 is 39.1 Å². The maximum Gasteiger partial charge on any atom is 0.257 e. The van der Waals surface area contributed by atoms with E-state index in [-0.39, 0.29) is 11.9 Å². The van der Waals surface area contributed by atoms with E-state index in [1.807, 2.05) is 25.3 Å². The maximum atomic E-state index is 11.7. The Kier molecular flexibility index (Phi) is 3.30. The van der Waals surface area contributed by atoms with Crippen LogP contribution in [0.3, 0.4) is 0 Å². The van der Waals surface area contributed by atoms with Crippen LogP contribution in [0.15, 0.2) is 20.9 Å². The van der Waals surface area contributed by atoms with Crippen LogP contribution in [0.25, 0.3) is 0 Å². The number of carbonyl (C=O) groups excluding carboxylic acids is 1. The third-order valence-corrected chi connectivity index (χ3v) is 3.99. The second-order valence-electron chi connectivity index (χ2n) is 3.80. The SMILES string of the molecule is CC(C)NC1=NC(c2sccc2Br)C(=O)N1. The molecule has 0 aromatic carbocycles. The Labute approximate surface area is 106 Å². The monoisotopic (exact) mass is 301 g/mol. The Bertz CT molecular complexity index is 441. The normalized spacial score (nSPS) is 19.9. The average molecular weight is 302 g/mol. The van der Waals surface area contributed by atoms with Gasteiger partial charge in [-0.15, -0.1) is 11.3 Å². The van der Waals surface area contributed by atoms with E-state index in [1.165, 1.54) is 11.3 Å². The number of hydrogen-bond donors (Lipinski definition) is 2. The van der Waals surface area contributed by atoms with Gasteiger partial charge in [-0.2, -0.15) is 0 Å². The molecule has 1 aliphatic rings. The van der Waals surface area contributed by atoms with Crippen LogP contribution in [0.4, 0.5) is 0 Å². The van der Waals surface area contributed by atoms with Gasteiger partial charge in [0.2, 0.25) is 0 Å². The predicted molar refractivity (Wildman–Crippen MR) is 68.6 cm³/mol. The summed E-state index contributed by atoms with van der Waals surface area (Å²) in [5, 5.41) is 7.77. The molecule has 1 atom stereocenters. The van der Waals surface area contributed by atoms with Gasteiger partial charge in [0.25, 0.3) is 5.91 Å². The number of aliphatic imine (C=N–C) groups is 1. The fourth-order valence-electron chi connectivity index (χ4n) is 1.43. The van der Waals surface area contributed by atoms with E-state index in [1.54, 1.807) is 0 Å². The standard InChI is InChI=1S/C10H12BrN3OS/c1-5(2)12-10-13-7(9(15)14-10)8-6(11)3-4-16-8/h3-5,7H,1-2H3,(H2,12,13,14,15). The third-order valence-electron chi connectivity index (χ3n) is 2.07. The minimum Gasteiger partial charge on any atom is -0.354 e. The number of halogens is 1. The number of carbonyl (C=O) groups is 1. The highest BCUT2D eigenvalue weighted by Gasteiger charge is 2.30. The first-order chi connectivity index (χ1) is 7.58. The zero-order valence-corrected chi connectivity index (χ0v) is 11.4. The summed E-state index contributed by atoms with van der Waals surface area (Å²) in [5.41, 5.74) is 0. The molecule has 1 unspecified atom stereocenters. The first kappa shape index (κ1) is 11.6. The van der Waals surface area contributed by atoms with Gasteiger partial charge in [0.1, 0.15) is 0 Å². The van der Waals surface area contributed by atoms with E-state index in [4.69, 9.17) is 0 Å². The Balaban J connectivity index is 2.20. The number of nitrogens with one attached hydrogen (secondary N) is 2. The van der Waals surface area contributed by atoms with Gasteiger partial charge in [0.05, 0.1) is 4.88 Å². The van der Waals surface area contributed by atoms with Crippen LogP contribution >= 0.6 is 27.3 Å². The molecule has 0 saturated carbocycles. The summed E-state index contributed by atoms with van der Waals surface area (Å²) >= 11 is 4.94. The molecule has 0 bridgehead atoms. The smallest absolute Gasteiger partial charge is 0.257 e. The third kappa shape index (κ3) is 2.27. The Morgan fingerprint density at radius 1 is 1.62 bits per heavy atom. The molecule has 0 fully saturated rings. The van der Waals surface area contributed by atoms with Crippen LogP contribution in [0.2, 0.25) is 0 Å². The van der Waals surface area contributed by atoms with Crippen molar-refractivity contribution in [3.63, 3.8) is 0 Å². The summed E-state index contributed by atoms with van der Waals surface area (Å²) in [6, 6.07) is 1.76. The predicted octanol–water partition coefficient (Wildman–Crippen LogP) is 2.04. The highest BCUT2D eigenvalue weighted by molar-refractivity contribution is 9.10. The molecule has 1 aromatic rings. The van der Waals surface area contributed by atoms with Crippen LogP contribution in [-0.4, -0.2) is 17.9 Å². The van der Waals surface area contributed by atoms with Gasteiger partial charge in [-0.05, 0) is 41.2 Å². The number of hydrogen-bond acceptors (Lipinski definition) is 4. The average Bonchev–Trinajstić information content (AvgIpc) is 2.71. The van der Waals surface area contributed by atoms with Gasteiger partial charge >= 0.3 is 0 Å². The molecule has 0 radical (unpaired) electrons. The summed E-state index contributed by atoms with van der Waals surface area (Å²) in [6.45, 7) is 4.01. The molecule has 2 heterocycles. The molecule has 86 valence electrons. The maximum absolute atomic E-state index is 11.7. The number of rotatable bonds is 2. The van der Waals surface area contributed by atoms with Crippen molar-refractivity contribution in [2.24, 2.45) is 4.99 Å². The van der Waals surface area contributed by atoms with Crippen molar-refractivity contribution < 1.29 is 4.79 Å². The molecule has 0 aliphatic carbocycles. The summed E-state index contributed by atoms with van der Waals surface area (Å²) in [7, 11) is 0. The van der Waals surface area contributed by atoms with Crippen LogP contribution in [0.1, 0.15) is 24.8 Å². The molecule has 2 rings (SSSR count). The van der Waals surface area contributed by atoms with Gasteiger partial charge in [-0.1, -0.05) is 0 Å². The number of guanidine groups is 1. The lowest BCUT2D eigenvalue weighted by molar-refractivity contribution is -0.120. The number of thiophene rings is 1. The van der Waals surface area contributed by atoms with Crippen molar-refractivity contribution in [1.29, 1.82) is 0 Å². The van der Waals surface area contributed by atoms with Crippen LogP contribution in [-0.2, 0) is 4.79 Å². The molecule has 0 saturated heterocycles. The highest BCUT2D eigenvalue weighted by atomic mass is 79.9. The zero-order chi connectivity index (χ0) is 11.7. The minimum absolute atomic E-state index is 0.0775. The molecule has 4 nitrogen and oxygen atoms in total. The van der Waals surface area contributed by atoms with Crippen molar-refractivity contribution in [3.8, 4) is 0 Å². The van der Waals surface area contributed by atoms with Gasteiger partial charge in [-0.3, -0.25) is 10.1 Å². The Hall–Kier alpha value is -0.880. The summed E-state index contributed by atoms with van der Waals surface area (Å²) < 4.78 is 0.937. The molecule has 1 aliphatic heterocycles. The van der Waals surface area contributed by atoms with Gasteiger partial charge in [-0.25, -0.2) is 4.99 Å². The van der Waals surface area contributed by atoms with Gasteiger partial charge < -0.3 is 5.32 Å². The van der Waals surface area contributed by atoms with Gasteiger partial charge in [0.15, 0.2) is 12.0 Å². The van der Waals surface area contributed by atoms with Crippen LogP contribution < -0.4 is 10.6 Å². The molecule has 2 N–H and O–H groups in total. The second-order valence-corrected chi connectivity index (χ2v) is 5.60. The van der Waals surface area contributed by atoms with Crippen molar-refractivity contribution in [2.75, 3.05) is 0 Å². The first-order valence-electron chi connectivity index (χ1n) is 4.96. The Morgan fingerprint density at radius 3 is 2.94 bits per heavy atom. The zero-order valence-electron chi connectivity index (χ0n) is 8.95. The molecule has 0 spiro atoms. The lowest BCUT2D eigenvalue weighted by Crippen LogP contribution is -2.40. The molecule has 16 heavy (non-hydrogen) atoms. The van der Waals surface area contributed by atoms with E-state index in [2.05, 4.69) is 31.6 Å². The molecule has 6 heteroatoms. The summed E-state index contributed by atoms with van der Waals surface area (Å²) in [5.74, 6) is 0.483.